The summed E-state index contributed by atoms with van der Waals surface area (Å²) in [7, 11) is 1.88. The molecule has 0 bridgehead atoms. The summed E-state index contributed by atoms with van der Waals surface area (Å²) in [4.78, 5) is 32.3. The number of carbonyl (C=O) groups is 1. The smallest absolute Gasteiger partial charge is 0.242 e. The van der Waals surface area contributed by atoms with Crippen LogP contribution in [0.3, 0.4) is 0 Å². The Morgan fingerprint density at radius 2 is 2.25 bits per heavy atom. The number of fused-ring (bicyclic) bond motifs is 1. The van der Waals surface area contributed by atoms with Crippen LogP contribution in [0.1, 0.15) is 39.5 Å². The number of aromatic nitrogens is 4. The van der Waals surface area contributed by atoms with Crippen LogP contribution in [0.4, 0.5) is 5.82 Å². The van der Waals surface area contributed by atoms with E-state index in [0.29, 0.717) is 18.0 Å². The van der Waals surface area contributed by atoms with Gasteiger partial charge in [0.05, 0.1) is 12.9 Å². The molecule has 1 aliphatic rings. The third-order valence-electron chi connectivity index (χ3n) is 4.92. The molecule has 0 aliphatic carbocycles. The van der Waals surface area contributed by atoms with Crippen LogP contribution in [0, 0.1) is 5.41 Å². The number of amides is 1. The molecule has 1 fully saturated rings. The molecule has 0 spiro atoms. The third kappa shape index (κ3) is 3.34. The molecule has 1 N–H and O–H groups in total. The van der Waals surface area contributed by atoms with E-state index >= 15 is 0 Å². The van der Waals surface area contributed by atoms with Gasteiger partial charge in [-0.3, -0.25) is 4.79 Å². The molecular weight excluding hydrogens is 304 g/mol. The van der Waals surface area contributed by atoms with Crippen molar-refractivity contribution in [1.29, 1.82) is 0 Å². The molecule has 1 unspecified atom stereocenters. The van der Waals surface area contributed by atoms with Gasteiger partial charge in [-0.1, -0.05) is 20.3 Å². The number of imidazole rings is 1. The standard InChI is InChI=1S/C17H26N6O/c1-4-6-17(2)7-5-8-23(10-17)13(24)9-22(3)16-14-15(19-11-18-14)20-12-21-16/h11-12H,4-10H2,1-3H3,(H,18,19,20,21). The second-order valence-electron chi connectivity index (χ2n) is 7.13. The summed E-state index contributed by atoms with van der Waals surface area (Å²) in [5.41, 5.74) is 1.64. The topological polar surface area (TPSA) is 78.0 Å². The maximum Gasteiger partial charge on any atom is 0.242 e. The molecule has 0 aromatic carbocycles. The number of carbonyl (C=O) groups excluding carboxylic acids is 1. The van der Waals surface area contributed by atoms with Gasteiger partial charge in [-0.25, -0.2) is 15.0 Å². The molecule has 2 aromatic heterocycles. The number of likely N-dealkylation sites (N-methyl/N-ethyl adjacent to an activating group) is 1. The van der Waals surface area contributed by atoms with E-state index in [0.717, 1.165) is 31.4 Å². The van der Waals surface area contributed by atoms with Gasteiger partial charge in [0.25, 0.3) is 0 Å². The van der Waals surface area contributed by atoms with Gasteiger partial charge in [-0.05, 0) is 24.7 Å². The van der Waals surface area contributed by atoms with Crippen LogP contribution in [0.2, 0.25) is 0 Å². The number of hydrogen-bond donors (Lipinski definition) is 1. The highest BCUT2D eigenvalue weighted by Gasteiger charge is 2.32. The molecule has 0 saturated carbocycles. The largest absolute Gasteiger partial charge is 0.348 e. The Morgan fingerprint density at radius 1 is 1.42 bits per heavy atom. The fraction of sp³-hybridized carbons (Fsp3) is 0.647. The zero-order valence-electron chi connectivity index (χ0n) is 14.7. The van der Waals surface area contributed by atoms with Gasteiger partial charge in [0.15, 0.2) is 11.5 Å². The maximum absolute atomic E-state index is 12.8. The minimum atomic E-state index is 0.158. The molecular formula is C17H26N6O. The first kappa shape index (κ1) is 16.7. The Labute approximate surface area is 142 Å². The van der Waals surface area contributed by atoms with Gasteiger partial charge in [-0.2, -0.15) is 0 Å². The van der Waals surface area contributed by atoms with Crippen LogP contribution in [-0.2, 0) is 4.79 Å². The summed E-state index contributed by atoms with van der Waals surface area (Å²) >= 11 is 0. The lowest BCUT2D eigenvalue weighted by molar-refractivity contribution is -0.133. The van der Waals surface area contributed by atoms with Crippen molar-refractivity contribution in [3.8, 4) is 0 Å². The fourth-order valence-electron chi connectivity index (χ4n) is 3.76. The second-order valence-corrected chi connectivity index (χ2v) is 7.13. The van der Waals surface area contributed by atoms with E-state index in [-0.39, 0.29) is 11.3 Å². The third-order valence-corrected chi connectivity index (χ3v) is 4.92. The van der Waals surface area contributed by atoms with Crippen molar-refractivity contribution in [2.24, 2.45) is 5.41 Å². The Kier molecular flexibility index (Phi) is 4.69. The van der Waals surface area contributed by atoms with Crippen molar-refractivity contribution in [2.75, 3.05) is 31.6 Å². The zero-order valence-corrected chi connectivity index (χ0v) is 14.7. The highest BCUT2D eigenvalue weighted by Crippen LogP contribution is 2.34. The lowest BCUT2D eigenvalue weighted by Gasteiger charge is -2.41. The summed E-state index contributed by atoms with van der Waals surface area (Å²) in [5, 5.41) is 0. The minimum Gasteiger partial charge on any atom is -0.348 e. The maximum atomic E-state index is 12.8. The van der Waals surface area contributed by atoms with Crippen molar-refractivity contribution >= 4 is 22.9 Å². The molecule has 0 radical (unpaired) electrons. The number of nitrogens with zero attached hydrogens (tertiary/aromatic N) is 5. The number of anilines is 1. The van der Waals surface area contributed by atoms with E-state index < -0.39 is 0 Å². The summed E-state index contributed by atoms with van der Waals surface area (Å²) in [6.07, 6.45) is 7.72. The normalized spacial score (nSPS) is 21.2. The number of H-pyrrole nitrogens is 1. The predicted octanol–water partition coefficient (Wildman–Crippen LogP) is 2.22. The van der Waals surface area contributed by atoms with Crippen molar-refractivity contribution in [3.05, 3.63) is 12.7 Å². The van der Waals surface area contributed by atoms with Crippen LogP contribution in [-0.4, -0.2) is 57.4 Å². The first-order chi connectivity index (χ1) is 11.5. The average Bonchev–Trinajstić information content (AvgIpc) is 3.03. The zero-order chi connectivity index (χ0) is 17.2. The summed E-state index contributed by atoms with van der Waals surface area (Å²) < 4.78 is 0. The van der Waals surface area contributed by atoms with E-state index in [1.807, 2.05) is 16.8 Å². The van der Waals surface area contributed by atoms with E-state index in [1.165, 1.54) is 19.2 Å². The number of piperidine rings is 1. The van der Waals surface area contributed by atoms with E-state index in [1.54, 1.807) is 6.33 Å². The van der Waals surface area contributed by atoms with Gasteiger partial charge >= 0.3 is 0 Å². The molecule has 3 heterocycles. The quantitative estimate of drug-likeness (QED) is 0.909. The molecule has 1 atom stereocenters. The molecule has 1 aliphatic heterocycles. The number of nitrogens with one attached hydrogen (secondary N) is 1. The molecule has 1 amide bonds. The first-order valence-electron chi connectivity index (χ1n) is 8.65. The highest BCUT2D eigenvalue weighted by atomic mass is 16.2. The van der Waals surface area contributed by atoms with Crippen molar-refractivity contribution in [2.45, 2.75) is 39.5 Å². The predicted molar refractivity (Wildman–Crippen MR) is 93.8 cm³/mol. The van der Waals surface area contributed by atoms with Crippen LogP contribution in [0.5, 0.6) is 0 Å². The summed E-state index contributed by atoms with van der Waals surface area (Å²) in [6, 6.07) is 0. The van der Waals surface area contributed by atoms with Crippen molar-refractivity contribution in [3.63, 3.8) is 0 Å². The lowest BCUT2D eigenvalue weighted by atomic mass is 9.78. The van der Waals surface area contributed by atoms with Crippen LogP contribution in [0.15, 0.2) is 12.7 Å². The Morgan fingerprint density at radius 3 is 3.04 bits per heavy atom. The highest BCUT2D eigenvalue weighted by molar-refractivity contribution is 5.87. The van der Waals surface area contributed by atoms with E-state index in [2.05, 4.69) is 33.8 Å². The lowest BCUT2D eigenvalue weighted by Crippen LogP contribution is -2.48. The number of rotatable bonds is 5. The van der Waals surface area contributed by atoms with Gasteiger partial charge in [0.2, 0.25) is 5.91 Å². The average molecular weight is 330 g/mol. The second kappa shape index (κ2) is 6.75. The Balaban J connectivity index is 1.69. The van der Waals surface area contributed by atoms with Crippen molar-refractivity contribution < 1.29 is 4.79 Å². The molecule has 7 heteroatoms. The monoisotopic (exact) mass is 330 g/mol. The van der Waals surface area contributed by atoms with Crippen LogP contribution in [0.25, 0.3) is 11.2 Å². The summed E-state index contributed by atoms with van der Waals surface area (Å²) in [5.74, 6) is 0.866. The van der Waals surface area contributed by atoms with Crippen LogP contribution < -0.4 is 4.90 Å². The van der Waals surface area contributed by atoms with Gasteiger partial charge in [-0.15, -0.1) is 0 Å². The van der Waals surface area contributed by atoms with Gasteiger partial charge in [0, 0.05) is 20.1 Å². The Hall–Kier alpha value is -2.18. The first-order valence-corrected chi connectivity index (χ1v) is 8.65. The fourth-order valence-corrected chi connectivity index (χ4v) is 3.76. The summed E-state index contributed by atoms with van der Waals surface area (Å²) in [6.45, 7) is 6.54. The molecule has 7 nitrogen and oxygen atoms in total. The number of hydrogen-bond acceptors (Lipinski definition) is 5. The van der Waals surface area contributed by atoms with Gasteiger partial charge in [0.1, 0.15) is 11.8 Å². The molecule has 3 rings (SSSR count). The molecule has 24 heavy (non-hydrogen) atoms. The van der Waals surface area contributed by atoms with E-state index in [4.69, 9.17) is 0 Å². The number of aromatic amines is 1. The molecule has 130 valence electrons. The van der Waals surface area contributed by atoms with Crippen molar-refractivity contribution in [1.82, 2.24) is 24.8 Å². The van der Waals surface area contributed by atoms with Gasteiger partial charge < -0.3 is 14.8 Å². The molecule has 2 aromatic rings. The SMILES string of the molecule is CCCC1(C)CCCN(C(=O)CN(C)c2ncnc3nc[nH]c23)C1. The molecule has 1 saturated heterocycles. The Bertz CT molecular complexity index is 710. The van der Waals surface area contributed by atoms with E-state index in [9.17, 15) is 4.79 Å². The van der Waals surface area contributed by atoms with Crippen LogP contribution >= 0.6 is 0 Å². The number of likely N-dealkylation sites (tertiary alicyclic amines) is 1. The minimum absolute atomic E-state index is 0.158.